The van der Waals surface area contributed by atoms with Crippen molar-refractivity contribution in [2.75, 3.05) is 6.61 Å². The summed E-state index contributed by atoms with van der Waals surface area (Å²) in [6.45, 7) is 2.95. The zero-order valence-corrected chi connectivity index (χ0v) is 12.7. The summed E-state index contributed by atoms with van der Waals surface area (Å²) in [4.78, 5) is 11.2. The number of rotatable bonds is 5. The van der Waals surface area contributed by atoms with Crippen LogP contribution in [0, 0.1) is 0 Å². The highest BCUT2D eigenvalue weighted by molar-refractivity contribution is 5.66. The van der Waals surface area contributed by atoms with Gasteiger partial charge in [0, 0.05) is 6.92 Å². The van der Waals surface area contributed by atoms with Crippen molar-refractivity contribution in [2.45, 2.75) is 51.0 Å². The number of hydrogen-bond donors (Lipinski definition) is 2. The summed E-state index contributed by atoms with van der Waals surface area (Å²) in [5, 5.41) is 19.9. The normalized spacial score (nSPS) is 31.7. The molecule has 1 saturated heterocycles. The maximum absolute atomic E-state index is 11.2. The molecule has 3 unspecified atom stereocenters. The maximum Gasteiger partial charge on any atom is 0.303 e. The van der Waals surface area contributed by atoms with E-state index in [2.05, 4.69) is 0 Å². The fraction of sp³-hybridized carbons (Fsp3) is 0.562. The Balaban J connectivity index is 2.06. The number of hydrogen-bond acceptors (Lipinski definition) is 6. The first-order chi connectivity index (χ1) is 10.5. The quantitative estimate of drug-likeness (QED) is 0.777. The molecule has 0 bridgehead atoms. The first kappa shape index (κ1) is 16.9. The van der Waals surface area contributed by atoms with E-state index in [9.17, 15) is 15.0 Å². The van der Waals surface area contributed by atoms with Crippen LogP contribution in [0.4, 0.5) is 0 Å². The molecule has 5 atom stereocenters. The molecule has 1 aromatic carbocycles. The summed E-state index contributed by atoms with van der Waals surface area (Å²) >= 11 is 0. The Morgan fingerprint density at radius 2 is 1.95 bits per heavy atom. The van der Waals surface area contributed by atoms with Gasteiger partial charge in [-0.15, -0.1) is 0 Å². The van der Waals surface area contributed by atoms with Crippen molar-refractivity contribution in [1.29, 1.82) is 0 Å². The van der Waals surface area contributed by atoms with E-state index in [1.807, 2.05) is 30.3 Å². The van der Waals surface area contributed by atoms with Crippen LogP contribution >= 0.6 is 0 Å². The van der Waals surface area contributed by atoms with Crippen molar-refractivity contribution in [3.8, 4) is 0 Å². The summed E-state index contributed by atoms with van der Waals surface area (Å²) in [6, 6.07) is 9.48. The Kier molecular flexibility index (Phi) is 5.90. The standard InChI is InChI=1S/C16H22O6/c1-10-15(22-11(2)18)14(19)16(13(8-17)21-10)20-9-12-6-4-3-5-7-12/h3-7,10,13-17,19H,8-9H2,1-2H3/t10-,13?,14?,15?,16-/m1/s1. The SMILES string of the molecule is CC(=O)OC1C(O)[C@H](OCc2ccccc2)C(CO)O[C@@H]1C. The summed E-state index contributed by atoms with van der Waals surface area (Å²) in [5.41, 5.74) is 0.939. The van der Waals surface area contributed by atoms with Crippen LogP contribution in [-0.2, 0) is 25.6 Å². The van der Waals surface area contributed by atoms with E-state index in [4.69, 9.17) is 14.2 Å². The number of aliphatic hydroxyl groups excluding tert-OH is 2. The van der Waals surface area contributed by atoms with Crippen molar-refractivity contribution >= 4 is 5.97 Å². The molecule has 22 heavy (non-hydrogen) atoms. The monoisotopic (exact) mass is 310 g/mol. The molecule has 0 radical (unpaired) electrons. The molecule has 0 spiro atoms. The maximum atomic E-state index is 11.2. The molecular formula is C16H22O6. The summed E-state index contributed by atoms with van der Waals surface area (Å²) in [7, 11) is 0. The van der Waals surface area contributed by atoms with Crippen LogP contribution in [0.2, 0.25) is 0 Å². The summed E-state index contributed by atoms with van der Waals surface area (Å²) < 4.78 is 16.4. The lowest BCUT2D eigenvalue weighted by Crippen LogP contribution is -2.59. The minimum absolute atomic E-state index is 0.267. The molecule has 0 aliphatic carbocycles. The zero-order chi connectivity index (χ0) is 16.1. The Hall–Kier alpha value is -1.47. The van der Waals surface area contributed by atoms with Crippen LogP contribution < -0.4 is 0 Å². The van der Waals surface area contributed by atoms with Gasteiger partial charge in [-0.3, -0.25) is 4.79 Å². The molecule has 0 aromatic heterocycles. The molecule has 1 heterocycles. The fourth-order valence-corrected chi connectivity index (χ4v) is 2.59. The lowest BCUT2D eigenvalue weighted by atomic mass is 9.95. The Morgan fingerprint density at radius 1 is 1.27 bits per heavy atom. The van der Waals surface area contributed by atoms with E-state index in [1.165, 1.54) is 6.92 Å². The Morgan fingerprint density at radius 3 is 2.55 bits per heavy atom. The van der Waals surface area contributed by atoms with Crippen molar-refractivity contribution in [3.63, 3.8) is 0 Å². The van der Waals surface area contributed by atoms with Gasteiger partial charge in [0.25, 0.3) is 0 Å². The third-order valence-corrected chi connectivity index (χ3v) is 3.66. The van der Waals surface area contributed by atoms with Crippen LogP contribution in [-0.4, -0.2) is 53.3 Å². The Bertz CT molecular complexity index is 477. The second-order valence-corrected chi connectivity index (χ2v) is 5.39. The molecule has 1 aliphatic rings. The number of carbonyl (C=O) groups is 1. The second-order valence-electron chi connectivity index (χ2n) is 5.39. The fourth-order valence-electron chi connectivity index (χ4n) is 2.59. The molecule has 2 rings (SSSR count). The van der Waals surface area contributed by atoms with Crippen molar-refractivity contribution in [2.24, 2.45) is 0 Å². The first-order valence-corrected chi connectivity index (χ1v) is 7.30. The predicted octanol–water partition coefficient (Wildman–Crippen LogP) is 0.644. The molecule has 1 aliphatic heterocycles. The number of aliphatic hydroxyl groups is 2. The van der Waals surface area contributed by atoms with E-state index in [-0.39, 0.29) is 13.2 Å². The van der Waals surface area contributed by atoms with Crippen molar-refractivity contribution in [1.82, 2.24) is 0 Å². The summed E-state index contributed by atoms with van der Waals surface area (Å²) in [5.74, 6) is -0.497. The average Bonchev–Trinajstić information content (AvgIpc) is 2.51. The van der Waals surface area contributed by atoms with Gasteiger partial charge in [-0.05, 0) is 12.5 Å². The third kappa shape index (κ3) is 4.04. The third-order valence-electron chi connectivity index (χ3n) is 3.66. The first-order valence-electron chi connectivity index (χ1n) is 7.30. The van der Waals surface area contributed by atoms with Gasteiger partial charge in [0.2, 0.25) is 0 Å². The number of carbonyl (C=O) groups excluding carboxylic acids is 1. The van der Waals surface area contributed by atoms with Gasteiger partial charge < -0.3 is 24.4 Å². The molecule has 1 fully saturated rings. The second kappa shape index (κ2) is 7.69. The van der Waals surface area contributed by atoms with E-state index >= 15 is 0 Å². The topological polar surface area (TPSA) is 85.2 Å². The number of esters is 1. The van der Waals surface area contributed by atoms with Gasteiger partial charge in [0.05, 0.1) is 19.3 Å². The minimum atomic E-state index is -1.06. The van der Waals surface area contributed by atoms with E-state index < -0.39 is 36.5 Å². The highest BCUT2D eigenvalue weighted by Crippen LogP contribution is 2.26. The highest BCUT2D eigenvalue weighted by Gasteiger charge is 2.45. The van der Waals surface area contributed by atoms with E-state index in [0.29, 0.717) is 0 Å². The minimum Gasteiger partial charge on any atom is -0.457 e. The molecule has 1 aromatic rings. The molecule has 2 N–H and O–H groups in total. The van der Waals surface area contributed by atoms with Crippen molar-refractivity contribution < 1.29 is 29.2 Å². The van der Waals surface area contributed by atoms with Gasteiger partial charge in [-0.2, -0.15) is 0 Å². The van der Waals surface area contributed by atoms with Crippen LogP contribution in [0.3, 0.4) is 0 Å². The van der Waals surface area contributed by atoms with E-state index in [0.717, 1.165) is 5.56 Å². The molecule has 122 valence electrons. The van der Waals surface area contributed by atoms with Gasteiger partial charge in [-0.25, -0.2) is 0 Å². The summed E-state index contributed by atoms with van der Waals surface area (Å²) in [6.07, 6.45) is -3.84. The largest absolute Gasteiger partial charge is 0.457 e. The molecule has 6 heteroatoms. The number of ether oxygens (including phenoxy) is 3. The van der Waals surface area contributed by atoms with Gasteiger partial charge in [0.1, 0.15) is 18.3 Å². The van der Waals surface area contributed by atoms with Crippen LogP contribution in [0.15, 0.2) is 30.3 Å². The van der Waals surface area contributed by atoms with Crippen LogP contribution in [0.1, 0.15) is 19.4 Å². The highest BCUT2D eigenvalue weighted by atomic mass is 16.6. The number of benzene rings is 1. The lowest BCUT2D eigenvalue weighted by Gasteiger charge is -2.42. The van der Waals surface area contributed by atoms with Crippen LogP contribution in [0.25, 0.3) is 0 Å². The predicted molar refractivity (Wildman–Crippen MR) is 78.0 cm³/mol. The molecule has 6 nitrogen and oxygen atoms in total. The van der Waals surface area contributed by atoms with E-state index in [1.54, 1.807) is 6.92 Å². The smallest absolute Gasteiger partial charge is 0.303 e. The molecular weight excluding hydrogens is 288 g/mol. The molecule has 0 amide bonds. The molecule has 0 saturated carbocycles. The lowest BCUT2D eigenvalue weighted by molar-refractivity contribution is -0.247. The zero-order valence-electron chi connectivity index (χ0n) is 12.7. The van der Waals surface area contributed by atoms with Crippen LogP contribution in [0.5, 0.6) is 0 Å². The van der Waals surface area contributed by atoms with Gasteiger partial charge in [-0.1, -0.05) is 30.3 Å². The average molecular weight is 310 g/mol. The van der Waals surface area contributed by atoms with Crippen molar-refractivity contribution in [3.05, 3.63) is 35.9 Å². The van der Waals surface area contributed by atoms with Gasteiger partial charge in [0.15, 0.2) is 6.10 Å². The Labute approximate surface area is 129 Å². The van der Waals surface area contributed by atoms with Gasteiger partial charge >= 0.3 is 5.97 Å².